The number of nitrogens with zero attached hydrogens (tertiary/aromatic N) is 1. The van der Waals surface area contributed by atoms with E-state index < -0.39 is 0 Å². The van der Waals surface area contributed by atoms with Crippen molar-refractivity contribution >= 4 is 5.91 Å². The summed E-state index contributed by atoms with van der Waals surface area (Å²) in [7, 11) is 3.62. The molecule has 0 aliphatic heterocycles. The first-order valence-electron chi connectivity index (χ1n) is 10.9. The molecule has 0 aromatic carbocycles. The van der Waals surface area contributed by atoms with Gasteiger partial charge in [0, 0.05) is 26.4 Å². The summed E-state index contributed by atoms with van der Waals surface area (Å²) in [5.41, 5.74) is 1.50. The molecule has 0 bridgehead atoms. The summed E-state index contributed by atoms with van der Waals surface area (Å²) < 4.78 is 0. The fourth-order valence-corrected chi connectivity index (χ4v) is 4.60. The molecule has 2 aliphatic rings. The van der Waals surface area contributed by atoms with Gasteiger partial charge in [0.05, 0.1) is 12.2 Å². The summed E-state index contributed by atoms with van der Waals surface area (Å²) in [5.74, 6) is 1.33. The number of allylic oxidation sites excluding steroid dienone is 2. The Hall–Kier alpha value is -1.13. The SMILES string of the molecule is CCCCC[C@H](O)/C=C/[C@@H]1[C@H]2CC(CCCCC(=O)N(C)C)=C[C@H]2C[C@@H]1O. The van der Waals surface area contributed by atoms with E-state index in [-0.39, 0.29) is 24.0 Å². The van der Waals surface area contributed by atoms with Crippen LogP contribution < -0.4 is 0 Å². The molecule has 0 radical (unpaired) electrons. The Morgan fingerprint density at radius 1 is 1.30 bits per heavy atom. The third-order valence-electron chi connectivity index (χ3n) is 6.25. The van der Waals surface area contributed by atoms with Crippen molar-refractivity contribution in [2.45, 2.75) is 83.3 Å². The highest BCUT2D eigenvalue weighted by Crippen LogP contribution is 2.48. The maximum atomic E-state index is 11.6. The second-order valence-corrected chi connectivity index (χ2v) is 8.68. The monoisotopic (exact) mass is 377 g/mol. The van der Waals surface area contributed by atoms with Crippen LogP contribution in [0.5, 0.6) is 0 Å². The van der Waals surface area contributed by atoms with Crippen molar-refractivity contribution in [3.8, 4) is 0 Å². The highest BCUT2D eigenvalue weighted by molar-refractivity contribution is 5.75. The van der Waals surface area contributed by atoms with E-state index in [9.17, 15) is 15.0 Å². The standard InChI is InChI=1S/C23H39NO3/c1-4-5-6-10-19(25)12-13-20-21-15-17(14-18(21)16-22(20)26)9-7-8-11-23(27)24(2)3/h12-14,18-22,25-26H,4-11,15-16H2,1-3H3/b13-12+/t18-,19-,20+,21-,22-/m0/s1. The Kier molecular flexibility index (Phi) is 9.04. The number of carbonyl (C=O) groups is 1. The minimum atomic E-state index is -0.383. The first-order valence-corrected chi connectivity index (χ1v) is 10.9. The predicted molar refractivity (Wildman–Crippen MR) is 110 cm³/mol. The molecular formula is C23H39NO3. The van der Waals surface area contributed by atoms with Gasteiger partial charge in [0.15, 0.2) is 0 Å². The van der Waals surface area contributed by atoms with E-state index in [0.717, 1.165) is 51.4 Å². The Balaban J connectivity index is 1.76. The molecule has 2 rings (SSSR count). The number of aliphatic hydroxyl groups excluding tert-OH is 2. The average molecular weight is 378 g/mol. The van der Waals surface area contributed by atoms with Gasteiger partial charge in [0.25, 0.3) is 0 Å². The zero-order chi connectivity index (χ0) is 19.8. The lowest BCUT2D eigenvalue weighted by atomic mass is 9.88. The molecule has 0 unspecified atom stereocenters. The Morgan fingerprint density at radius 2 is 2.07 bits per heavy atom. The van der Waals surface area contributed by atoms with Crippen molar-refractivity contribution in [2.75, 3.05) is 14.1 Å². The van der Waals surface area contributed by atoms with Crippen LogP contribution in [0.2, 0.25) is 0 Å². The van der Waals surface area contributed by atoms with Crippen LogP contribution in [0, 0.1) is 17.8 Å². The minimum Gasteiger partial charge on any atom is -0.392 e. The fourth-order valence-electron chi connectivity index (χ4n) is 4.60. The molecule has 27 heavy (non-hydrogen) atoms. The number of carbonyl (C=O) groups excluding carboxylic acids is 1. The minimum absolute atomic E-state index is 0.167. The Labute approximate surface area is 165 Å². The third-order valence-corrected chi connectivity index (χ3v) is 6.25. The molecule has 0 spiro atoms. The van der Waals surface area contributed by atoms with Gasteiger partial charge in [0.1, 0.15) is 0 Å². The molecule has 0 heterocycles. The van der Waals surface area contributed by atoms with Gasteiger partial charge in [-0.1, -0.05) is 50.0 Å². The number of amides is 1. The van der Waals surface area contributed by atoms with Gasteiger partial charge in [-0.3, -0.25) is 4.79 Å². The lowest BCUT2D eigenvalue weighted by molar-refractivity contribution is -0.128. The maximum Gasteiger partial charge on any atom is 0.222 e. The van der Waals surface area contributed by atoms with Crippen LogP contribution in [0.4, 0.5) is 0 Å². The molecule has 154 valence electrons. The quantitative estimate of drug-likeness (QED) is 0.421. The normalized spacial score (nSPS) is 28.4. The number of unbranched alkanes of at least 4 members (excludes halogenated alkanes) is 3. The smallest absolute Gasteiger partial charge is 0.222 e. The highest BCUT2D eigenvalue weighted by atomic mass is 16.3. The first-order chi connectivity index (χ1) is 12.9. The summed E-state index contributed by atoms with van der Waals surface area (Å²) in [5, 5.41) is 20.6. The zero-order valence-corrected chi connectivity index (χ0v) is 17.4. The molecular weight excluding hydrogens is 338 g/mol. The van der Waals surface area contributed by atoms with Crippen LogP contribution >= 0.6 is 0 Å². The van der Waals surface area contributed by atoms with E-state index >= 15 is 0 Å². The number of hydrogen-bond donors (Lipinski definition) is 2. The molecule has 0 aromatic rings. The second-order valence-electron chi connectivity index (χ2n) is 8.68. The molecule has 2 N–H and O–H groups in total. The molecule has 0 saturated heterocycles. The number of hydrogen-bond acceptors (Lipinski definition) is 3. The molecule has 4 heteroatoms. The highest BCUT2D eigenvalue weighted by Gasteiger charge is 2.43. The van der Waals surface area contributed by atoms with Crippen LogP contribution in [0.25, 0.3) is 0 Å². The number of fused-ring (bicyclic) bond motifs is 1. The van der Waals surface area contributed by atoms with Crippen LogP contribution in [0.1, 0.15) is 71.1 Å². The van der Waals surface area contributed by atoms with Crippen molar-refractivity contribution < 1.29 is 15.0 Å². The van der Waals surface area contributed by atoms with Gasteiger partial charge in [-0.25, -0.2) is 0 Å². The topological polar surface area (TPSA) is 60.8 Å². The lowest BCUT2D eigenvalue weighted by Gasteiger charge is -2.19. The molecule has 4 nitrogen and oxygen atoms in total. The molecule has 1 saturated carbocycles. The van der Waals surface area contributed by atoms with E-state index in [2.05, 4.69) is 19.1 Å². The van der Waals surface area contributed by atoms with Crippen LogP contribution in [-0.4, -0.2) is 47.3 Å². The predicted octanol–water partition coefficient (Wildman–Crippen LogP) is 4.08. The van der Waals surface area contributed by atoms with Crippen molar-refractivity contribution in [2.24, 2.45) is 17.8 Å². The maximum absolute atomic E-state index is 11.6. The average Bonchev–Trinajstić information content (AvgIpc) is 3.13. The molecule has 1 amide bonds. The van der Waals surface area contributed by atoms with E-state index in [1.165, 1.54) is 12.0 Å². The van der Waals surface area contributed by atoms with Crippen molar-refractivity contribution in [3.63, 3.8) is 0 Å². The molecule has 2 aliphatic carbocycles. The van der Waals surface area contributed by atoms with Crippen LogP contribution in [0.15, 0.2) is 23.8 Å². The third kappa shape index (κ3) is 6.76. The largest absolute Gasteiger partial charge is 0.392 e. The van der Waals surface area contributed by atoms with Crippen molar-refractivity contribution in [1.29, 1.82) is 0 Å². The Morgan fingerprint density at radius 3 is 2.78 bits per heavy atom. The molecule has 1 fully saturated rings. The van der Waals surface area contributed by atoms with E-state index in [4.69, 9.17) is 0 Å². The van der Waals surface area contributed by atoms with E-state index in [1.54, 1.807) is 4.90 Å². The Bertz CT molecular complexity index is 526. The summed E-state index contributed by atoms with van der Waals surface area (Å²) in [6.07, 6.45) is 15.5. The van der Waals surface area contributed by atoms with Gasteiger partial charge in [0.2, 0.25) is 5.91 Å². The second kappa shape index (κ2) is 11.0. The number of rotatable bonds is 11. The van der Waals surface area contributed by atoms with Crippen molar-refractivity contribution in [1.82, 2.24) is 4.90 Å². The van der Waals surface area contributed by atoms with Gasteiger partial charge in [-0.2, -0.15) is 0 Å². The van der Waals surface area contributed by atoms with Gasteiger partial charge >= 0.3 is 0 Å². The van der Waals surface area contributed by atoms with E-state index in [0.29, 0.717) is 18.3 Å². The van der Waals surface area contributed by atoms with Gasteiger partial charge < -0.3 is 15.1 Å². The van der Waals surface area contributed by atoms with Gasteiger partial charge in [-0.15, -0.1) is 0 Å². The van der Waals surface area contributed by atoms with Crippen LogP contribution in [0.3, 0.4) is 0 Å². The first kappa shape index (κ1) is 22.2. The van der Waals surface area contributed by atoms with Gasteiger partial charge in [-0.05, 0) is 50.4 Å². The number of aliphatic hydroxyl groups is 2. The lowest BCUT2D eigenvalue weighted by Crippen LogP contribution is -2.21. The van der Waals surface area contributed by atoms with Crippen LogP contribution in [-0.2, 0) is 4.79 Å². The van der Waals surface area contributed by atoms with Crippen molar-refractivity contribution in [3.05, 3.63) is 23.8 Å². The van der Waals surface area contributed by atoms with E-state index in [1.807, 2.05) is 20.2 Å². The fraction of sp³-hybridized carbons (Fsp3) is 0.783. The molecule has 0 aromatic heterocycles. The summed E-state index contributed by atoms with van der Waals surface area (Å²) >= 11 is 0. The summed E-state index contributed by atoms with van der Waals surface area (Å²) in [4.78, 5) is 13.3. The zero-order valence-electron chi connectivity index (χ0n) is 17.4. The summed E-state index contributed by atoms with van der Waals surface area (Å²) in [6.45, 7) is 2.17. The molecule has 5 atom stereocenters. The summed E-state index contributed by atoms with van der Waals surface area (Å²) in [6, 6.07) is 0.